The zero-order valence-corrected chi connectivity index (χ0v) is 12.0. The quantitative estimate of drug-likeness (QED) is 0.881. The van der Waals surface area contributed by atoms with Crippen molar-refractivity contribution in [1.29, 1.82) is 5.26 Å². The summed E-state index contributed by atoms with van der Waals surface area (Å²) in [6.07, 6.45) is 0.793. The van der Waals surface area contributed by atoms with E-state index in [9.17, 15) is 4.79 Å². The van der Waals surface area contributed by atoms with Gasteiger partial charge in [-0.15, -0.1) is 0 Å². The SMILES string of the molecule is C[C@H](Oc1cccc(C#N)c1)C(=O)Nc1cccnc1Cl. The highest BCUT2D eigenvalue weighted by Crippen LogP contribution is 2.19. The number of anilines is 1. The molecule has 2 aromatic rings. The van der Waals surface area contributed by atoms with Gasteiger partial charge in [0.15, 0.2) is 11.3 Å². The molecule has 0 saturated heterocycles. The Morgan fingerprint density at radius 3 is 2.95 bits per heavy atom. The van der Waals surface area contributed by atoms with E-state index >= 15 is 0 Å². The first-order valence-electron chi connectivity index (χ1n) is 6.18. The molecule has 0 aliphatic rings. The second kappa shape index (κ2) is 6.73. The van der Waals surface area contributed by atoms with Gasteiger partial charge >= 0.3 is 0 Å². The van der Waals surface area contributed by atoms with Crippen molar-refractivity contribution in [3.8, 4) is 11.8 Å². The molecule has 1 N–H and O–H groups in total. The largest absolute Gasteiger partial charge is 0.481 e. The van der Waals surface area contributed by atoms with Crippen LogP contribution in [0.1, 0.15) is 12.5 Å². The lowest BCUT2D eigenvalue weighted by Gasteiger charge is -2.15. The number of hydrogen-bond donors (Lipinski definition) is 1. The molecule has 106 valence electrons. The van der Waals surface area contributed by atoms with Crippen LogP contribution in [-0.2, 0) is 4.79 Å². The third-order valence-corrected chi connectivity index (χ3v) is 2.96. The molecule has 6 heteroatoms. The number of rotatable bonds is 4. The third-order valence-electron chi connectivity index (χ3n) is 2.66. The van der Waals surface area contributed by atoms with Gasteiger partial charge in [-0.2, -0.15) is 5.26 Å². The fraction of sp³-hybridized carbons (Fsp3) is 0.133. The standard InChI is InChI=1S/C15H12ClN3O2/c1-10(21-12-5-2-4-11(8-12)9-17)15(20)19-13-6-3-7-18-14(13)16/h2-8,10H,1H3,(H,19,20)/t10-/m0/s1. The van der Waals surface area contributed by atoms with E-state index in [0.717, 1.165) is 0 Å². The lowest BCUT2D eigenvalue weighted by molar-refractivity contribution is -0.122. The number of aromatic nitrogens is 1. The van der Waals surface area contributed by atoms with Crippen LogP contribution in [0.2, 0.25) is 5.15 Å². The molecule has 0 bridgehead atoms. The summed E-state index contributed by atoms with van der Waals surface area (Å²) in [4.78, 5) is 15.9. The van der Waals surface area contributed by atoms with E-state index in [1.54, 1.807) is 43.3 Å². The van der Waals surface area contributed by atoms with Crippen LogP contribution in [0.5, 0.6) is 5.75 Å². The molecule has 0 radical (unpaired) electrons. The van der Waals surface area contributed by atoms with Gasteiger partial charge < -0.3 is 10.1 Å². The van der Waals surface area contributed by atoms with Gasteiger partial charge in [-0.05, 0) is 37.3 Å². The van der Waals surface area contributed by atoms with Gasteiger partial charge in [0.2, 0.25) is 0 Å². The minimum Gasteiger partial charge on any atom is -0.481 e. The van der Waals surface area contributed by atoms with E-state index in [2.05, 4.69) is 10.3 Å². The fourth-order valence-corrected chi connectivity index (χ4v) is 1.78. The zero-order chi connectivity index (χ0) is 15.2. The number of nitrogens with one attached hydrogen (secondary N) is 1. The fourth-order valence-electron chi connectivity index (χ4n) is 1.61. The highest BCUT2D eigenvalue weighted by atomic mass is 35.5. The van der Waals surface area contributed by atoms with Crippen LogP contribution in [0.25, 0.3) is 0 Å². The van der Waals surface area contributed by atoms with Gasteiger partial charge in [0, 0.05) is 6.20 Å². The number of amides is 1. The molecular formula is C15H12ClN3O2. The molecule has 0 fully saturated rings. The summed E-state index contributed by atoms with van der Waals surface area (Å²) in [5.41, 5.74) is 0.890. The van der Waals surface area contributed by atoms with Gasteiger partial charge in [0.25, 0.3) is 5.91 Å². The number of pyridine rings is 1. The summed E-state index contributed by atoms with van der Waals surface area (Å²) in [6.45, 7) is 1.61. The molecule has 1 amide bonds. The summed E-state index contributed by atoms with van der Waals surface area (Å²) >= 11 is 5.87. The Morgan fingerprint density at radius 2 is 2.24 bits per heavy atom. The van der Waals surface area contributed by atoms with E-state index in [1.807, 2.05) is 6.07 Å². The first-order chi connectivity index (χ1) is 10.1. The van der Waals surface area contributed by atoms with Crippen LogP contribution in [-0.4, -0.2) is 17.0 Å². The predicted octanol–water partition coefficient (Wildman–Crippen LogP) is 3.01. The van der Waals surface area contributed by atoms with Crippen molar-refractivity contribution < 1.29 is 9.53 Å². The smallest absolute Gasteiger partial charge is 0.265 e. The van der Waals surface area contributed by atoms with Gasteiger partial charge in [0.05, 0.1) is 17.3 Å². The summed E-state index contributed by atoms with van der Waals surface area (Å²) in [5.74, 6) is 0.0984. The van der Waals surface area contributed by atoms with E-state index in [-0.39, 0.29) is 11.1 Å². The van der Waals surface area contributed by atoms with Crippen LogP contribution in [0.15, 0.2) is 42.6 Å². The first kappa shape index (κ1) is 14.8. The number of hydrogen-bond acceptors (Lipinski definition) is 4. The Labute approximate surface area is 127 Å². The molecule has 0 aliphatic carbocycles. The maximum absolute atomic E-state index is 12.0. The monoisotopic (exact) mass is 301 g/mol. The Bertz CT molecular complexity index is 697. The van der Waals surface area contributed by atoms with Crippen LogP contribution in [0.3, 0.4) is 0 Å². The number of benzene rings is 1. The van der Waals surface area contributed by atoms with Gasteiger partial charge in [0.1, 0.15) is 5.75 Å². The predicted molar refractivity (Wildman–Crippen MR) is 79.1 cm³/mol. The molecule has 1 aromatic carbocycles. The molecule has 1 aromatic heterocycles. The minimum atomic E-state index is -0.741. The van der Waals surface area contributed by atoms with Gasteiger partial charge in [-0.25, -0.2) is 4.98 Å². The lowest BCUT2D eigenvalue weighted by atomic mass is 10.2. The number of carbonyl (C=O) groups excluding carboxylic acids is 1. The van der Waals surface area contributed by atoms with Crippen LogP contribution < -0.4 is 10.1 Å². The Morgan fingerprint density at radius 1 is 1.43 bits per heavy atom. The van der Waals surface area contributed by atoms with Crippen molar-refractivity contribution in [3.63, 3.8) is 0 Å². The number of nitrogens with zero attached hydrogens (tertiary/aromatic N) is 2. The number of ether oxygens (including phenoxy) is 1. The number of nitriles is 1. The van der Waals surface area contributed by atoms with Crippen LogP contribution in [0, 0.1) is 11.3 Å². The molecule has 1 heterocycles. The highest BCUT2D eigenvalue weighted by molar-refractivity contribution is 6.32. The molecule has 0 saturated carbocycles. The highest BCUT2D eigenvalue weighted by Gasteiger charge is 2.16. The second-order valence-electron chi connectivity index (χ2n) is 4.23. The molecule has 1 atom stereocenters. The third kappa shape index (κ3) is 3.94. The van der Waals surface area contributed by atoms with Crippen LogP contribution >= 0.6 is 11.6 Å². The second-order valence-corrected chi connectivity index (χ2v) is 4.59. The average Bonchev–Trinajstić information content (AvgIpc) is 2.49. The van der Waals surface area contributed by atoms with Crippen LogP contribution in [0.4, 0.5) is 5.69 Å². The molecule has 21 heavy (non-hydrogen) atoms. The maximum Gasteiger partial charge on any atom is 0.265 e. The summed E-state index contributed by atoms with van der Waals surface area (Å²) < 4.78 is 5.50. The molecule has 0 aliphatic heterocycles. The Hall–Kier alpha value is -2.58. The van der Waals surface area contributed by atoms with E-state index in [4.69, 9.17) is 21.6 Å². The molecule has 5 nitrogen and oxygen atoms in total. The van der Waals surface area contributed by atoms with Crippen molar-refractivity contribution in [2.24, 2.45) is 0 Å². The Balaban J connectivity index is 2.03. The van der Waals surface area contributed by atoms with Crippen molar-refractivity contribution in [3.05, 3.63) is 53.3 Å². The average molecular weight is 302 g/mol. The van der Waals surface area contributed by atoms with E-state index in [1.165, 1.54) is 6.20 Å². The van der Waals surface area contributed by atoms with Gasteiger partial charge in [-0.3, -0.25) is 4.79 Å². The van der Waals surface area contributed by atoms with Crippen molar-refractivity contribution in [2.75, 3.05) is 5.32 Å². The molecule has 2 rings (SSSR count). The van der Waals surface area contributed by atoms with Crippen molar-refractivity contribution >= 4 is 23.2 Å². The molecular weight excluding hydrogens is 290 g/mol. The first-order valence-corrected chi connectivity index (χ1v) is 6.56. The van der Waals surface area contributed by atoms with Crippen molar-refractivity contribution in [2.45, 2.75) is 13.0 Å². The molecule has 0 unspecified atom stereocenters. The normalized spacial score (nSPS) is 11.3. The Kier molecular flexibility index (Phi) is 4.75. The molecule has 0 spiro atoms. The minimum absolute atomic E-state index is 0.213. The van der Waals surface area contributed by atoms with Crippen molar-refractivity contribution in [1.82, 2.24) is 4.98 Å². The topological polar surface area (TPSA) is 75.0 Å². The number of halogens is 1. The van der Waals surface area contributed by atoms with Gasteiger partial charge in [-0.1, -0.05) is 17.7 Å². The summed E-state index contributed by atoms with van der Waals surface area (Å²) in [6, 6.07) is 11.9. The lowest BCUT2D eigenvalue weighted by Crippen LogP contribution is -2.30. The zero-order valence-electron chi connectivity index (χ0n) is 11.2. The van der Waals surface area contributed by atoms with E-state index < -0.39 is 6.10 Å². The maximum atomic E-state index is 12.0. The summed E-state index contributed by atoms with van der Waals surface area (Å²) in [7, 11) is 0. The summed E-state index contributed by atoms with van der Waals surface area (Å²) in [5, 5.41) is 11.7. The van der Waals surface area contributed by atoms with E-state index in [0.29, 0.717) is 17.0 Å². The number of carbonyl (C=O) groups is 1.